The average molecular weight is 378 g/mol. The zero-order chi connectivity index (χ0) is 18.1. The van der Waals surface area contributed by atoms with Gasteiger partial charge in [-0.05, 0) is 19.1 Å². The molecule has 2 aromatic rings. The second-order valence-electron chi connectivity index (χ2n) is 4.45. The lowest BCUT2D eigenvalue weighted by Crippen LogP contribution is -2.07. The van der Waals surface area contributed by atoms with E-state index in [0.29, 0.717) is 12.1 Å². The summed E-state index contributed by atoms with van der Waals surface area (Å²) in [5.74, 6) is -0.940. The SMILES string of the molecule is CCOC(=O)c1[nH]c(-c2c(Cl)cc(C(F)(F)F)cc2Cl)nc1C#N. The predicted molar refractivity (Wildman–Crippen MR) is 79.7 cm³/mol. The lowest BCUT2D eigenvalue weighted by atomic mass is 10.1. The standard InChI is InChI=1S/C14H8Cl2F3N3O2/c1-2-24-13(23)11-9(5-20)21-12(22-11)10-7(15)3-6(4-8(10)16)14(17,18)19/h3-4H,2H2,1H3,(H,21,22). The minimum atomic E-state index is -4.62. The minimum Gasteiger partial charge on any atom is -0.461 e. The number of imidazole rings is 1. The quantitative estimate of drug-likeness (QED) is 0.801. The van der Waals surface area contributed by atoms with E-state index in [1.165, 1.54) is 0 Å². The van der Waals surface area contributed by atoms with Crippen molar-refractivity contribution in [3.8, 4) is 17.5 Å². The highest BCUT2D eigenvalue weighted by molar-refractivity contribution is 6.39. The van der Waals surface area contributed by atoms with Crippen LogP contribution >= 0.6 is 23.2 Å². The first-order chi connectivity index (χ1) is 11.2. The smallest absolute Gasteiger partial charge is 0.416 e. The molecular formula is C14H8Cl2F3N3O2. The van der Waals surface area contributed by atoms with Crippen molar-refractivity contribution in [1.82, 2.24) is 9.97 Å². The number of halogens is 5. The van der Waals surface area contributed by atoms with Gasteiger partial charge in [0, 0.05) is 0 Å². The Morgan fingerprint density at radius 1 is 1.38 bits per heavy atom. The summed E-state index contributed by atoms with van der Waals surface area (Å²) in [6.07, 6.45) is -4.62. The first kappa shape index (κ1) is 18.1. The molecule has 0 saturated heterocycles. The van der Waals surface area contributed by atoms with Gasteiger partial charge < -0.3 is 9.72 Å². The number of alkyl halides is 3. The maximum Gasteiger partial charge on any atom is 0.416 e. The summed E-state index contributed by atoms with van der Waals surface area (Å²) in [5, 5.41) is 8.37. The summed E-state index contributed by atoms with van der Waals surface area (Å²) in [6.45, 7) is 1.64. The highest BCUT2D eigenvalue weighted by atomic mass is 35.5. The average Bonchev–Trinajstić information content (AvgIpc) is 2.89. The van der Waals surface area contributed by atoms with Crippen molar-refractivity contribution in [2.24, 2.45) is 0 Å². The van der Waals surface area contributed by atoms with Crippen LogP contribution < -0.4 is 0 Å². The normalized spacial score (nSPS) is 11.2. The maximum atomic E-state index is 12.8. The van der Waals surface area contributed by atoms with Gasteiger partial charge in [0.1, 0.15) is 11.9 Å². The van der Waals surface area contributed by atoms with Crippen LogP contribution in [0.4, 0.5) is 13.2 Å². The Bertz CT molecular complexity index is 818. The van der Waals surface area contributed by atoms with Crippen molar-refractivity contribution in [3.05, 3.63) is 39.1 Å². The van der Waals surface area contributed by atoms with Crippen LogP contribution in [0.5, 0.6) is 0 Å². The molecule has 1 aromatic heterocycles. The van der Waals surface area contributed by atoms with E-state index in [9.17, 15) is 18.0 Å². The van der Waals surface area contributed by atoms with Crippen LogP contribution in [0.2, 0.25) is 10.0 Å². The van der Waals surface area contributed by atoms with Crippen molar-refractivity contribution in [2.45, 2.75) is 13.1 Å². The summed E-state index contributed by atoms with van der Waals surface area (Å²) < 4.78 is 43.0. The Morgan fingerprint density at radius 3 is 2.42 bits per heavy atom. The van der Waals surface area contributed by atoms with Gasteiger partial charge in [-0.15, -0.1) is 0 Å². The number of carbonyl (C=O) groups excluding carboxylic acids is 1. The van der Waals surface area contributed by atoms with Gasteiger partial charge in [-0.1, -0.05) is 23.2 Å². The molecule has 1 aromatic carbocycles. The number of carbonyl (C=O) groups is 1. The minimum absolute atomic E-state index is 0.0571. The molecule has 0 bridgehead atoms. The highest BCUT2D eigenvalue weighted by Crippen LogP contribution is 2.39. The van der Waals surface area contributed by atoms with Crippen LogP contribution in [-0.2, 0) is 10.9 Å². The molecule has 1 heterocycles. The molecule has 0 fully saturated rings. The van der Waals surface area contributed by atoms with E-state index in [2.05, 4.69) is 9.97 Å². The fourth-order valence-corrected chi connectivity index (χ4v) is 2.55. The molecule has 0 saturated carbocycles. The molecule has 10 heteroatoms. The number of nitrogens with zero attached hydrogens (tertiary/aromatic N) is 2. The van der Waals surface area contributed by atoms with Gasteiger partial charge in [0.25, 0.3) is 0 Å². The van der Waals surface area contributed by atoms with Gasteiger partial charge in [-0.3, -0.25) is 0 Å². The molecule has 0 aliphatic rings. The summed E-state index contributed by atoms with van der Waals surface area (Å²) in [7, 11) is 0. The fraction of sp³-hybridized carbons (Fsp3) is 0.214. The van der Waals surface area contributed by atoms with Gasteiger partial charge in [0.05, 0.1) is 27.8 Å². The van der Waals surface area contributed by atoms with Crippen LogP contribution in [0.3, 0.4) is 0 Å². The summed E-state index contributed by atoms with van der Waals surface area (Å²) in [6, 6.07) is 3.05. The summed E-state index contributed by atoms with van der Waals surface area (Å²) in [5.41, 5.74) is -1.60. The van der Waals surface area contributed by atoms with Crippen LogP contribution in [-0.4, -0.2) is 22.5 Å². The van der Waals surface area contributed by atoms with Crippen LogP contribution in [0.15, 0.2) is 12.1 Å². The zero-order valence-corrected chi connectivity index (χ0v) is 13.5. The molecule has 0 spiro atoms. The van der Waals surface area contributed by atoms with Crippen LogP contribution in [0.1, 0.15) is 28.7 Å². The molecule has 0 aliphatic heterocycles. The van der Waals surface area contributed by atoms with Gasteiger partial charge >= 0.3 is 12.1 Å². The Balaban J connectivity index is 2.58. The third kappa shape index (κ3) is 3.47. The second-order valence-corrected chi connectivity index (χ2v) is 5.27. The van der Waals surface area contributed by atoms with Crippen LogP contribution in [0, 0.1) is 11.3 Å². The third-order valence-electron chi connectivity index (χ3n) is 2.90. The molecule has 0 radical (unpaired) electrons. The van der Waals surface area contributed by atoms with Gasteiger partial charge in [0.2, 0.25) is 0 Å². The van der Waals surface area contributed by atoms with E-state index >= 15 is 0 Å². The van der Waals surface area contributed by atoms with E-state index in [0.717, 1.165) is 0 Å². The monoisotopic (exact) mass is 377 g/mol. The first-order valence-electron chi connectivity index (χ1n) is 6.42. The molecule has 1 N–H and O–H groups in total. The number of nitriles is 1. The maximum absolute atomic E-state index is 12.8. The lowest BCUT2D eigenvalue weighted by Gasteiger charge is -2.10. The molecule has 24 heavy (non-hydrogen) atoms. The number of hydrogen-bond donors (Lipinski definition) is 1. The van der Waals surface area contributed by atoms with Crippen molar-refractivity contribution >= 4 is 29.2 Å². The number of rotatable bonds is 3. The lowest BCUT2D eigenvalue weighted by molar-refractivity contribution is -0.137. The number of hydrogen-bond acceptors (Lipinski definition) is 4. The number of benzene rings is 1. The molecule has 5 nitrogen and oxygen atoms in total. The summed E-state index contributed by atoms with van der Waals surface area (Å²) in [4.78, 5) is 18.1. The second kappa shape index (κ2) is 6.71. The molecule has 0 amide bonds. The number of aromatic amines is 1. The number of aromatic nitrogens is 2. The Kier molecular flexibility index (Phi) is 5.06. The first-order valence-corrected chi connectivity index (χ1v) is 7.18. The number of H-pyrrole nitrogens is 1. The molecule has 0 atom stereocenters. The number of esters is 1. The van der Waals surface area contributed by atoms with Crippen LogP contribution in [0.25, 0.3) is 11.4 Å². The van der Waals surface area contributed by atoms with E-state index in [1.807, 2.05) is 0 Å². The Hall–Kier alpha value is -2.24. The molecule has 0 unspecified atom stereocenters. The Morgan fingerprint density at radius 2 is 1.96 bits per heavy atom. The third-order valence-corrected chi connectivity index (χ3v) is 3.49. The van der Waals surface area contributed by atoms with E-state index < -0.39 is 17.7 Å². The van der Waals surface area contributed by atoms with E-state index in [4.69, 9.17) is 33.2 Å². The highest BCUT2D eigenvalue weighted by Gasteiger charge is 2.32. The molecular weight excluding hydrogens is 370 g/mol. The molecule has 126 valence electrons. The molecule has 2 rings (SSSR count). The van der Waals surface area contributed by atoms with Gasteiger partial charge in [-0.2, -0.15) is 18.4 Å². The Labute approximate surface area is 144 Å². The van der Waals surface area contributed by atoms with Gasteiger partial charge in [0.15, 0.2) is 11.4 Å². The van der Waals surface area contributed by atoms with E-state index in [1.54, 1.807) is 13.0 Å². The van der Waals surface area contributed by atoms with Gasteiger partial charge in [-0.25, -0.2) is 9.78 Å². The topological polar surface area (TPSA) is 78.8 Å². The summed E-state index contributed by atoms with van der Waals surface area (Å²) >= 11 is 11.8. The largest absolute Gasteiger partial charge is 0.461 e. The number of ether oxygens (including phenoxy) is 1. The van der Waals surface area contributed by atoms with Crippen molar-refractivity contribution in [2.75, 3.05) is 6.61 Å². The number of nitrogens with one attached hydrogen (secondary N) is 1. The van der Waals surface area contributed by atoms with Crippen molar-refractivity contribution < 1.29 is 22.7 Å². The van der Waals surface area contributed by atoms with Crippen molar-refractivity contribution in [1.29, 1.82) is 5.26 Å². The zero-order valence-electron chi connectivity index (χ0n) is 12.0. The fourth-order valence-electron chi connectivity index (χ4n) is 1.89. The molecule has 0 aliphatic carbocycles. The predicted octanol–water partition coefficient (Wildman–Crippen LogP) is 4.45. The van der Waals surface area contributed by atoms with Crippen molar-refractivity contribution in [3.63, 3.8) is 0 Å². The van der Waals surface area contributed by atoms with E-state index in [-0.39, 0.29) is 39.4 Å².